The molecule has 1 aliphatic rings. The molecule has 0 radical (unpaired) electrons. The molecule has 11 heteroatoms. The van der Waals surface area contributed by atoms with E-state index in [-0.39, 0.29) is 32.5 Å². The number of benzene rings is 2. The molecule has 0 saturated carbocycles. The van der Waals surface area contributed by atoms with Gasteiger partial charge in [0, 0.05) is 5.56 Å². The number of ether oxygens (including phenoxy) is 3. The van der Waals surface area contributed by atoms with Crippen LogP contribution < -0.4 is 4.74 Å². The van der Waals surface area contributed by atoms with E-state index in [1.165, 1.54) is 0 Å². The average Bonchev–Trinajstić information content (AvgIpc) is 3.57. The molecule has 0 bridgehead atoms. The summed E-state index contributed by atoms with van der Waals surface area (Å²) in [6.45, 7) is 0.966. The van der Waals surface area contributed by atoms with Crippen molar-refractivity contribution in [3.8, 4) is 34.1 Å². The molecule has 188 valence electrons. The highest BCUT2D eigenvalue weighted by Crippen LogP contribution is 2.31. The van der Waals surface area contributed by atoms with Crippen LogP contribution in [0.3, 0.4) is 0 Å². The number of rotatable bonds is 5. The number of aliphatic hydroxyl groups is 1. The minimum absolute atomic E-state index is 0.202. The van der Waals surface area contributed by atoms with Crippen molar-refractivity contribution in [3.05, 3.63) is 72.0 Å². The average molecular weight is 519 g/mol. The van der Waals surface area contributed by atoms with Crippen molar-refractivity contribution in [2.75, 3.05) is 26.4 Å². The lowest BCUT2D eigenvalue weighted by atomic mass is 10.0. The summed E-state index contributed by atoms with van der Waals surface area (Å²) >= 11 is 6.59. The van der Waals surface area contributed by atoms with Gasteiger partial charge < -0.3 is 24.3 Å². The first-order valence-corrected chi connectivity index (χ1v) is 12.1. The van der Waals surface area contributed by atoms with E-state index in [0.29, 0.717) is 27.9 Å². The minimum Gasteiger partial charge on any atom is -0.457 e. The predicted molar refractivity (Wildman–Crippen MR) is 137 cm³/mol. The second-order valence-electron chi connectivity index (χ2n) is 8.67. The van der Waals surface area contributed by atoms with Crippen LogP contribution in [0.4, 0.5) is 0 Å². The van der Waals surface area contributed by atoms with Gasteiger partial charge in [-0.2, -0.15) is 4.98 Å². The summed E-state index contributed by atoms with van der Waals surface area (Å²) in [6.07, 6.45) is 2.46. The van der Waals surface area contributed by atoms with Crippen LogP contribution in [0.15, 0.2) is 67.0 Å². The number of nitrogens with zero attached hydrogens (tertiary/aromatic N) is 5. The van der Waals surface area contributed by atoms with Crippen molar-refractivity contribution in [1.82, 2.24) is 29.9 Å². The summed E-state index contributed by atoms with van der Waals surface area (Å²) in [5.74, 6) is 0. The molecule has 2 N–H and O–H groups in total. The Bertz CT molecular complexity index is 1480. The first-order chi connectivity index (χ1) is 18.1. The third-order valence-electron chi connectivity index (χ3n) is 5.96. The number of nitrogens with one attached hydrogen (secondary N) is 1. The molecule has 5 aromatic rings. The van der Waals surface area contributed by atoms with Crippen LogP contribution in [-0.2, 0) is 9.47 Å². The summed E-state index contributed by atoms with van der Waals surface area (Å²) in [7, 11) is 0. The van der Waals surface area contributed by atoms with E-state index in [1.807, 2.05) is 48.5 Å². The van der Waals surface area contributed by atoms with Crippen LogP contribution in [0.25, 0.3) is 39.2 Å². The number of pyridine rings is 1. The first-order valence-electron chi connectivity index (χ1n) is 11.8. The van der Waals surface area contributed by atoms with Crippen LogP contribution >= 0.6 is 11.6 Å². The lowest BCUT2D eigenvalue weighted by Gasteiger charge is -2.22. The number of halogens is 1. The number of fused-ring (bicyclic) bond motifs is 1. The number of hydrogen-bond donors (Lipinski definition) is 2. The van der Waals surface area contributed by atoms with Gasteiger partial charge in [-0.1, -0.05) is 53.2 Å². The van der Waals surface area contributed by atoms with E-state index in [9.17, 15) is 5.11 Å². The van der Waals surface area contributed by atoms with Crippen molar-refractivity contribution < 1.29 is 19.3 Å². The summed E-state index contributed by atoms with van der Waals surface area (Å²) in [5, 5.41) is 18.0. The summed E-state index contributed by atoms with van der Waals surface area (Å²) in [6, 6.07) is 18.2. The SMILES string of the molecule is O[C@H]1COC[C@@H](Oc2nc3nc(-c4ccc(-c5ccc(-n6ccnn6)cc5)cc4)c(Cl)cc3[nH]2)COC1. The van der Waals surface area contributed by atoms with Gasteiger partial charge in [-0.05, 0) is 29.3 Å². The van der Waals surface area contributed by atoms with Gasteiger partial charge in [0.05, 0.1) is 60.7 Å². The highest BCUT2D eigenvalue weighted by atomic mass is 35.5. The number of imidazole rings is 1. The fourth-order valence-electron chi connectivity index (χ4n) is 4.12. The lowest BCUT2D eigenvalue weighted by Crippen LogP contribution is -2.36. The van der Waals surface area contributed by atoms with Crippen molar-refractivity contribution in [3.63, 3.8) is 0 Å². The number of hydrogen-bond acceptors (Lipinski definition) is 8. The first kappa shape index (κ1) is 23.6. The van der Waals surface area contributed by atoms with E-state index in [0.717, 1.165) is 22.4 Å². The van der Waals surface area contributed by atoms with Crippen molar-refractivity contribution in [1.29, 1.82) is 0 Å². The fraction of sp³-hybridized carbons (Fsp3) is 0.231. The normalized spacial score (nSPS) is 18.4. The Hall–Kier alpha value is -3.83. The van der Waals surface area contributed by atoms with E-state index in [2.05, 4.69) is 25.3 Å². The number of H-pyrrole nitrogens is 1. The van der Waals surface area contributed by atoms with Gasteiger partial charge in [0.2, 0.25) is 0 Å². The molecule has 0 amide bonds. The lowest BCUT2D eigenvalue weighted by molar-refractivity contribution is -0.0882. The van der Waals surface area contributed by atoms with Crippen molar-refractivity contribution >= 4 is 22.8 Å². The van der Waals surface area contributed by atoms with Gasteiger partial charge in [-0.15, -0.1) is 5.10 Å². The van der Waals surface area contributed by atoms with Crippen molar-refractivity contribution in [2.24, 2.45) is 0 Å². The van der Waals surface area contributed by atoms with Gasteiger partial charge in [0.1, 0.15) is 12.2 Å². The Kier molecular flexibility index (Phi) is 6.54. The molecule has 1 saturated heterocycles. The molecule has 4 heterocycles. The second-order valence-corrected chi connectivity index (χ2v) is 9.08. The minimum atomic E-state index is -0.628. The van der Waals surface area contributed by atoms with Gasteiger partial charge in [-0.25, -0.2) is 9.67 Å². The van der Waals surface area contributed by atoms with E-state index in [4.69, 9.17) is 25.8 Å². The molecule has 6 rings (SSSR count). The largest absolute Gasteiger partial charge is 0.457 e. The Morgan fingerprint density at radius 2 is 1.59 bits per heavy atom. The van der Waals surface area contributed by atoms with Crippen LogP contribution in [-0.4, -0.2) is 73.7 Å². The number of aromatic amines is 1. The predicted octanol–water partition coefficient (Wildman–Crippen LogP) is 3.68. The standard InChI is InChI=1S/C26H23ClN6O4/c27-22-11-23-25(31-26(29-23)37-21-14-35-12-20(34)13-36-15-21)30-24(22)18-3-1-16(2-4-18)17-5-7-19(8-6-17)33-10-9-28-32-33/h1-11,20-21,34H,12-15H2,(H,29,30,31)/t20-,21+. The Morgan fingerprint density at radius 3 is 2.27 bits per heavy atom. The zero-order valence-electron chi connectivity index (χ0n) is 19.6. The third-order valence-corrected chi connectivity index (χ3v) is 6.25. The molecular weight excluding hydrogens is 496 g/mol. The Balaban J connectivity index is 1.19. The fourth-order valence-corrected chi connectivity index (χ4v) is 4.38. The smallest absolute Gasteiger partial charge is 0.296 e. The van der Waals surface area contributed by atoms with Crippen LogP contribution in [0, 0.1) is 0 Å². The summed E-state index contributed by atoms with van der Waals surface area (Å²) in [5.41, 5.74) is 5.75. The Morgan fingerprint density at radius 1 is 0.919 bits per heavy atom. The van der Waals surface area contributed by atoms with Crippen LogP contribution in [0.1, 0.15) is 0 Å². The maximum atomic E-state index is 9.61. The molecule has 1 fully saturated rings. The molecule has 37 heavy (non-hydrogen) atoms. The summed E-state index contributed by atoms with van der Waals surface area (Å²) < 4.78 is 18.6. The highest BCUT2D eigenvalue weighted by molar-refractivity contribution is 6.33. The van der Waals surface area contributed by atoms with Gasteiger partial charge >= 0.3 is 0 Å². The molecular formula is C26H23ClN6O4. The molecule has 0 spiro atoms. The zero-order valence-corrected chi connectivity index (χ0v) is 20.4. The van der Waals surface area contributed by atoms with Gasteiger partial charge in [0.15, 0.2) is 5.65 Å². The van der Waals surface area contributed by atoms with Gasteiger partial charge in [-0.3, -0.25) is 0 Å². The number of aromatic nitrogens is 6. The molecule has 2 aromatic carbocycles. The van der Waals surface area contributed by atoms with Crippen molar-refractivity contribution in [2.45, 2.75) is 12.2 Å². The third kappa shape index (κ3) is 5.18. The molecule has 10 nitrogen and oxygen atoms in total. The number of aliphatic hydroxyl groups excluding tert-OH is 1. The van der Waals surface area contributed by atoms with Crippen LogP contribution in [0.2, 0.25) is 5.02 Å². The van der Waals surface area contributed by atoms with E-state index < -0.39 is 6.10 Å². The molecule has 1 aliphatic heterocycles. The zero-order chi connectivity index (χ0) is 25.2. The monoisotopic (exact) mass is 518 g/mol. The van der Waals surface area contributed by atoms with E-state index in [1.54, 1.807) is 23.1 Å². The highest BCUT2D eigenvalue weighted by Gasteiger charge is 2.20. The second kappa shape index (κ2) is 10.3. The van der Waals surface area contributed by atoms with Gasteiger partial charge in [0.25, 0.3) is 6.01 Å². The molecule has 0 unspecified atom stereocenters. The maximum Gasteiger partial charge on any atom is 0.296 e. The molecule has 0 atom stereocenters. The topological polar surface area (TPSA) is 120 Å². The van der Waals surface area contributed by atoms with E-state index >= 15 is 0 Å². The Labute approximate surface area is 216 Å². The maximum absolute atomic E-state index is 9.61. The quantitative estimate of drug-likeness (QED) is 0.361. The van der Waals surface area contributed by atoms with Crippen LogP contribution in [0.5, 0.6) is 6.01 Å². The summed E-state index contributed by atoms with van der Waals surface area (Å²) in [4.78, 5) is 12.3. The molecule has 0 aliphatic carbocycles. The molecule has 3 aromatic heterocycles.